The number of aryl methyl sites for hydroxylation is 5. The third kappa shape index (κ3) is 5.51. The van der Waals surface area contributed by atoms with Crippen molar-refractivity contribution >= 4 is 50.4 Å². The lowest BCUT2D eigenvalue weighted by Gasteiger charge is -2.33. The molecule has 0 saturated carbocycles. The van der Waals surface area contributed by atoms with Crippen molar-refractivity contribution in [3.8, 4) is 33.4 Å². The fraction of sp³-hybridized carbons (Fsp3) is 0.184. The summed E-state index contributed by atoms with van der Waals surface area (Å²) in [5.74, 6) is 0. The molecule has 0 saturated heterocycles. The van der Waals surface area contributed by atoms with Gasteiger partial charge in [-0.2, -0.15) is 0 Å². The molecule has 0 N–H and O–H groups in total. The number of para-hydroxylation sites is 1. The minimum absolute atomic E-state index is 0.178. The van der Waals surface area contributed by atoms with Crippen LogP contribution in [0.25, 0.3) is 44.2 Å². The van der Waals surface area contributed by atoms with Crippen LogP contribution >= 0.6 is 22.6 Å². The van der Waals surface area contributed by atoms with Crippen LogP contribution in [0.15, 0.2) is 133 Å². The molecule has 1 atom stereocenters. The molecule has 0 heterocycles. The van der Waals surface area contributed by atoms with Gasteiger partial charge in [0.05, 0.1) is 14.8 Å². The highest BCUT2D eigenvalue weighted by atomic mass is 127. The van der Waals surface area contributed by atoms with Gasteiger partial charge < -0.3 is 4.90 Å². The Morgan fingerprint density at radius 2 is 1.20 bits per heavy atom. The first-order valence-electron chi connectivity index (χ1n) is 18.3. The molecule has 51 heavy (non-hydrogen) atoms. The molecule has 7 aromatic carbocycles. The number of nitrogens with zero attached hydrogens (tertiary/aromatic N) is 1. The number of benzene rings is 7. The highest BCUT2D eigenvalue weighted by Gasteiger charge is 2.40. The summed E-state index contributed by atoms with van der Waals surface area (Å²) in [4.78, 5) is 2.53. The predicted octanol–water partition coefficient (Wildman–Crippen LogP) is 14.4. The van der Waals surface area contributed by atoms with E-state index in [0.717, 1.165) is 18.5 Å². The van der Waals surface area contributed by atoms with Crippen LogP contribution in [-0.2, 0) is 16.3 Å². The summed E-state index contributed by atoms with van der Waals surface area (Å²) < 4.78 is -0.178. The Balaban J connectivity index is 1.38. The van der Waals surface area contributed by atoms with Gasteiger partial charge in [0.1, 0.15) is 0 Å². The van der Waals surface area contributed by atoms with Crippen molar-refractivity contribution in [2.24, 2.45) is 0 Å². The van der Waals surface area contributed by atoms with Gasteiger partial charge in [-0.3, -0.25) is 0 Å². The Morgan fingerprint density at radius 3 is 1.92 bits per heavy atom. The zero-order valence-electron chi connectivity index (χ0n) is 30.4. The van der Waals surface area contributed by atoms with E-state index >= 15 is 0 Å². The van der Waals surface area contributed by atoms with Crippen molar-refractivity contribution < 1.29 is 0 Å². The normalized spacial score (nSPS) is 14.8. The maximum absolute atomic E-state index is 2.69. The van der Waals surface area contributed by atoms with Crippen LogP contribution in [0.3, 0.4) is 0 Å². The Hall–Kier alpha value is -4.67. The average molecular weight is 774 g/mol. The quantitative estimate of drug-likeness (QED) is 0.115. The summed E-state index contributed by atoms with van der Waals surface area (Å²) in [6, 6.07) is 50.1. The highest BCUT2D eigenvalue weighted by Crippen LogP contribution is 2.58. The molecule has 0 bridgehead atoms. The molecule has 7 aromatic rings. The Kier molecular flexibility index (Phi) is 8.63. The van der Waals surface area contributed by atoms with E-state index in [0.29, 0.717) is 0 Å². The van der Waals surface area contributed by atoms with Gasteiger partial charge in [-0.05, 0) is 131 Å². The SMILES string of the molecule is CCc1cc(-c2c(C)cc(C)cc2C)ccc1-c1c(CC)cc(N(c2ccccc2)c2cccc3c2C(C)(I)c2ccccc2-3)c2ccccc12. The van der Waals surface area contributed by atoms with Gasteiger partial charge in [-0.25, -0.2) is 0 Å². The van der Waals surface area contributed by atoms with Crippen molar-refractivity contribution in [1.29, 1.82) is 0 Å². The first kappa shape index (κ1) is 33.5. The predicted molar refractivity (Wildman–Crippen MR) is 228 cm³/mol. The zero-order chi connectivity index (χ0) is 35.4. The summed E-state index contributed by atoms with van der Waals surface area (Å²) in [6.45, 7) is 13.7. The van der Waals surface area contributed by atoms with Crippen LogP contribution in [0.5, 0.6) is 0 Å². The topological polar surface area (TPSA) is 3.24 Å². The van der Waals surface area contributed by atoms with Gasteiger partial charge in [0.25, 0.3) is 0 Å². The second kappa shape index (κ2) is 13.1. The number of fused-ring (bicyclic) bond motifs is 4. The van der Waals surface area contributed by atoms with Crippen LogP contribution < -0.4 is 4.90 Å². The molecule has 0 aliphatic heterocycles. The van der Waals surface area contributed by atoms with Crippen molar-refractivity contribution in [1.82, 2.24) is 0 Å². The molecule has 1 nitrogen and oxygen atoms in total. The molecule has 1 aliphatic rings. The minimum Gasteiger partial charge on any atom is -0.310 e. The van der Waals surface area contributed by atoms with Gasteiger partial charge in [0, 0.05) is 16.6 Å². The van der Waals surface area contributed by atoms with E-state index in [1.165, 1.54) is 94.5 Å². The second-order valence-corrected chi connectivity index (χ2v) is 16.4. The lowest BCUT2D eigenvalue weighted by molar-refractivity contribution is 0.912. The van der Waals surface area contributed by atoms with E-state index in [1.54, 1.807) is 0 Å². The van der Waals surface area contributed by atoms with E-state index < -0.39 is 0 Å². The number of hydrogen-bond donors (Lipinski definition) is 0. The van der Waals surface area contributed by atoms with Crippen molar-refractivity contribution in [2.45, 2.75) is 57.8 Å². The maximum atomic E-state index is 2.69. The van der Waals surface area contributed by atoms with Gasteiger partial charge in [-0.1, -0.05) is 151 Å². The van der Waals surface area contributed by atoms with Crippen LogP contribution in [0.4, 0.5) is 17.1 Å². The lowest BCUT2D eigenvalue weighted by atomic mass is 9.85. The molecule has 0 aromatic heterocycles. The highest BCUT2D eigenvalue weighted by molar-refractivity contribution is 14.1. The first-order valence-corrected chi connectivity index (χ1v) is 19.3. The molecule has 1 unspecified atom stereocenters. The number of halogens is 1. The second-order valence-electron chi connectivity index (χ2n) is 14.2. The Labute approximate surface area is 317 Å². The van der Waals surface area contributed by atoms with Crippen LogP contribution in [0.2, 0.25) is 0 Å². The monoisotopic (exact) mass is 773 g/mol. The van der Waals surface area contributed by atoms with E-state index in [-0.39, 0.29) is 3.42 Å². The smallest absolute Gasteiger partial charge is 0.0723 e. The molecular weight excluding hydrogens is 729 g/mol. The van der Waals surface area contributed by atoms with Crippen LogP contribution in [0.1, 0.15) is 59.7 Å². The van der Waals surface area contributed by atoms with Gasteiger partial charge >= 0.3 is 0 Å². The van der Waals surface area contributed by atoms with Crippen LogP contribution in [0, 0.1) is 20.8 Å². The Morgan fingerprint density at radius 1 is 0.549 bits per heavy atom. The summed E-state index contributed by atoms with van der Waals surface area (Å²) in [6.07, 6.45) is 1.90. The number of alkyl halides is 1. The van der Waals surface area contributed by atoms with Gasteiger partial charge in [0.15, 0.2) is 0 Å². The number of anilines is 3. The number of hydrogen-bond acceptors (Lipinski definition) is 1. The minimum atomic E-state index is -0.178. The fourth-order valence-corrected chi connectivity index (χ4v) is 9.84. The van der Waals surface area contributed by atoms with Crippen molar-refractivity contribution in [3.63, 3.8) is 0 Å². The molecule has 0 amide bonds. The average Bonchev–Trinajstić information content (AvgIpc) is 3.38. The van der Waals surface area contributed by atoms with E-state index in [2.05, 4.69) is 202 Å². The summed E-state index contributed by atoms with van der Waals surface area (Å²) in [5.41, 5.74) is 21.1. The lowest BCUT2D eigenvalue weighted by Crippen LogP contribution is -2.18. The number of rotatable bonds is 7. The largest absolute Gasteiger partial charge is 0.310 e. The van der Waals surface area contributed by atoms with Crippen LogP contribution in [-0.4, -0.2) is 0 Å². The molecule has 2 heteroatoms. The first-order chi connectivity index (χ1) is 24.7. The third-order valence-electron chi connectivity index (χ3n) is 10.9. The molecule has 1 aliphatic carbocycles. The Bertz CT molecular complexity index is 2430. The van der Waals surface area contributed by atoms with E-state index in [4.69, 9.17) is 0 Å². The fourth-order valence-electron chi connectivity index (χ4n) is 8.81. The van der Waals surface area contributed by atoms with E-state index in [9.17, 15) is 0 Å². The maximum Gasteiger partial charge on any atom is 0.0723 e. The molecule has 0 radical (unpaired) electrons. The molecule has 0 fully saturated rings. The third-order valence-corrected chi connectivity index (χ3v) is 12.1. The van der Waals surface area contributed by atoms with Crippen molar-refractivity contribution in [2.75, 3.05) is 4.90 Å². The summed E-state index contributed by atoms with van der Waals surface area (Å²) in [7, 11) is 0. The standard InChI is InChI=1S/C49H44IN/c1-7-34-29-36(46-32(4)27-31(3)28-33(46)5)25-26-38(34)47-35(8-2)30-45(40-20-12-13-21-41(40)47)51(37-17-10-9-11-18-37)44-24-16-22-42-39-19-14-15-23-43(39)49(6,50)48(42)44/h9-30H,7-8H2,1-6H3. The summed E-state index contributed by atoms with van der Waals surface area (Å²) >= 11 is 2.69. The molecule has 8 rings (SSSR count). The van der Waals surface area contributed by atoms with E-state index in [1.807, 2.05) is 0 Å². The zero-order valence-corrected chi connectivity index (χ0v) is 32.6. The molecule has 0 spiro atoms. The molecule has 252 valence electrons. The summed E-state index contributed by atoms with van der Waals surface area (Å²) in [5, 5.41) is 2.55. The molecular formula is C49H44IN. The van der Waals surface area contributed by atoms with Crippen molar-refractivity contribution in [3.05, 3.63) is 172 Å². The van der Waals surface area contributed by atoms with Gasteiger partial charge in [-0.15, -0.1) is 0 Å². The van der Waals surface area contributed by atoms with Gasteiger partial charge in [0.2, 0.25) is 0 Å².